The zero-order valence-corrected chi connectivity index (χ0v) is 12.7. The lowest BCUT2D eigenvalue weighted by atomic mass is 9.99. The molecule has 124 valence electrons. The van der Waals surface area contributed by atoms with Gasteiger partial charge in [-0.2, -0.15) is 18.3 Å². The van der Waals surface area contributed by atoms with Crippen molar-refractivity contribution in [1.29, 1.82) is 0 Å². The fourth-order valence-corrected chi connectivity index (χ4v) is 2.81. The van der Waals surface area contributed by atoms with Crippen LogP contribution in [-0.4, -0.2) is 16.2 Å². The van der Waals surface area contributed by atoms with E-state index in [1.54, 1.807) is 30.3 Å². The second-order valence-corrected chi connectivity index (χ2v) is 5.34. The lowest BCUT2D eigenvalue weighted by Crippen LogP contribution is -2.19. The number of urea groups is 1. The number of aromatic nitrogens is 2. The van der Waals surface area contributed by atoms with Crippen LogP contribution in [0.15, 0.2) is 36.4 Å². The molecule has 0 radical (unpaired) electrons. The first-order valence-electron chi connectivity index (χ1n) is 6.68. The Kier molecular flexibility index (Phi) is 3.84. The van der Waals surface area contributed by atoms with Gasteiger partial charge in [-0.05, 0) is 11.6 Å². The molecule has 3 rings (SSSR count). The Morgan fingerprint density at radius 3 is 2.50 bits per heavy atom. The molecule has 0 aliphatic heterocycles. The number of anilines is 1. The van der Waals surface area contributed by atoms with Gasteiger partial charge in [0, 0.05) is 10.9 Å². The van der Waals surface area contributed by atoms with Crippen LogP contribution in [0.3, 0.4) is 0 Å². The Balaban J connectivity index is 2.37. The molecule has 24 heavy (non-hydrogen) atoms. The van der Waals surface area contributed by atoms with Crippen molar-refractivity contribution < 1.29 is 18.0 Å². The van der Waals surface area contributed by atoms with Crippen molar-refractivity contribution in [2.75, 3.05) is 5.32 Å². The summed E-state index contributed by atoms with van der Waals surface area (Å²) in [7, 11) is 0. The molecule has 5 nitrogen and oxygen atoms in total. The van der Waals surface area contributed by atoms with Crippen LogP contribution in [0.25, 0.3) is 22.0 Å². The van der Waals surface area contributed by atoms with Gasteiger partial charge in [-0.3, -0.25) is 10.4 Å². The highest BCUT2D eigenvalue weighted by atomic mass is 35.5. The van der Waals surface area contributed by atoms with E-state index < -0.39 is 22.8 Å². The van der Waals surface area contributed by atoms with Crippen LogP contribution in [-0.2, 0) is 6.18 Å². The van der Waals surface area contributed by atoms with Crippen molar-refractivity contribution in [3.05, 3.63) is 47.0 Å². The van der Waals surface area contributed by atoms with E-state index in [9.17, 15) is 18.0 Å². The number of H-pyrrole nitrogens is 1. The number of alkyl halides is 3. The van der Waals surface area contributed by atoms with Crippen LogP contribution >= 0.6 is 11.6 Å². The second-order valence-electron chi connectivity index (χ2n) is 4.96. The number of carbonyl (C=O) groups is 1. The summed E-state index contributed by atoms with van der Waals surface area (Å²) in [6, 6.07) is 8.86. The average molecular weight is 355 g/mol. The highest BCUT2D eigenvalue weighted by molar-refractivity contribution is 6.35. The van der Waals surface area contributed by atoms with E-state index in [0.29, 0.717) is 5.56 Å². The molecule has 0 spiro atoms. The van der Waals surface area contributed by atoms with Crippen LogP contribution in [0, 0.1) is 0 Å². The van der Waals surface area contributed by atoms with Gasteiger partial charge >= 0.3 is 12.2 Å². The van der Waals surface area contributed by atoms with Crippen molar-refractivity contribution in [3.63, 3.8) is 0 Å². The number of hydrogen-bond donors (Lipinski definition) is 3. The van der Waals surface area contributed by atoms with E-state index >= 15 is 0 Å². The summed E-state index contributed by atoms with van der Waals surface area (Å²) >= 11 is 6.04. The maximum atomic E-state index is 13.5. The number of nitrogens with one attached hydrogen (secondary N) is 2. The average Bonchev–Trinajstić information content (AvgIpc) is 2.87. The first kappa shape index (κ1) is 16.1. The normalized spacial score (nSPS) is 11.7. The summed E-state index contributed by atoms with van der Waals surface area (Å²) in [6.07, 6.45) is -4.71. The number of benzene rings is 2. The molecule has 2 amide bonds. The van der Waals surface area contributed by atoms with Crippen LogP contribution in [0.5, 0.6) is 0 Å². The quantitative estimate of drug-likeness (QED) is 0.637. The molecule has 9 heteroatoms. The maximum Gasteiger partial charge on any atom is 0.419 e. The van der Waals surface area contributed by atoms with Crippen LogP contribution < -0.4 is 11.1 Å². The molecule has 0 bridgehead atoms. The number of nitrogens with zero attached hydrogens (tertiary/aromatic N) is 1. The number of primary amides is 1. The summed E-state index contributed by atoms with van der Waals surface area (Å²) in [6.45, 7) is 0. The van der Waals surface area contributed by atoms with Gasteiger partial charge in [0.15, 0.2) is 5.82 Å². The number of aromatic amines is 1. The molecular weight excluding hydrogens is 345 g/mol. The van der Waals surface area contributed by atoms with Gasteiger partial charge in [0.2, 0.25) is 0 Å². The second kappa shape index (κ2) is 5.72. The number of amides is 2. The molecule has 1 aromatic heterocycles. The third kappa shape index (κ3) is 2.76. The third-order valence-corrected chi connectivity index (χ3v) is 3.80. The van der Waals surface area contributed by atoms with Crippen molar-refractivity contribution >= 4 is 34.4 Å². The highest BCUT2D eigenvalue weighted by Crippen LogP contribution is 2.45. The summed E-state index contributed by atoms with van der Waals surface area (Å²) in [5, 5.41) is 7.76. The molecule has 0 saturated heterocycles. The van der Waals surface area contributed by atoms with E-state index in [1.807, 2.05) is 0 Å². The first-order valence-corrected chi connectivity index (χ1v) is 7.06. The van der Waals surface area contributed by atoms with Gasteiger partial charge in [-0.15, -0.1) is 0 Å². The summed E-state index contributed by atoms with van der Waals surface area (Å²) in [5.41, 5.74) is 4.33. The van der Waals surface area contributed by atoms with E-state index in [-0.39, 0.29) is 22.3 Å². The van der Waals surface area contributed by atoms with E-state index in [0.717, 1.165) is 0 Å². The first-order chi connectivity index (χ1) is 11.3. The van der Waals surface area contributed by atoms with Gasteiger partial charge in [0.1, 0.15) is 5.56 Å². The van der Waals surface area contributed by atoms with Gasteiger partial charge in [-0.25, -0.2) is 4.79 Å². The summed E-state index contributed by atoms with van der Waals surface area (Å²) < 4.78 is 40.5. The SMILES string of the molecule is NC(=O)Nc1n[nH]c2c(C(F)(F)F)c(Cl)c(-c3ccccc3)cc12. The topological polar surface area (TPSA) is 83.8 Å². The molecule has 0 fully saturated rings. The predicted molar refractivity (Wildman–Crippen MR) is 84.7 cm³/mol. The largest absolute Gasteiger partial charge is 0.419 e. The number of hydrogen-bond acceptors (Lipinski definition) is 2. The zero-order valence-electron chi connectivity index (χ0n) is 11.9. The molecule has 2 aromatic carbocycles. The smallest absolute Gasteiger partial charge is 0.351 e. The molecule has 0 atom stereocenters. The number of fused-ring (bicyclic) bond motifs is 1. The minimum Gasteiger partial charge on any atom is -0.351 e. The van der Waals surface area contributed by atoms with E-state index in [2.05, 4.69) is 15.5 Å². The molecule has 0 unspecified atom stereocenters. The Hall–Kier alpha value is -2.74. The van der Waals surface area contributed by atoms with E-state index in [4.69, 9.17) is 17.3 Å². The molecule has 0 saturated carbocycles. The Morgan fingerprint density at radius 1 is 1.25 bits per heavy atom. The summed E-state index contributed by atoms with van der Waals surface area (Å²) in [5.74, 6) is -0.100. The van der Waals surface area contributed by atoms with Gasteiger partial charge in [0.05, 0.1) is 10.5 Å². The van der Waals surface area contributed by atoms with Gasteiger partial charge in [0.25, 0.3) is 0 Å². The van der Waals surface area contributed by atoms with E-state index in [1.165, 1.54) is 6.07 Å². The maximum absolute atomic E-state index is 13.5. The Bertz CT molecular complexity index is 922. The van der Waals surface area contributed by atoms with Crippen molar-refractivity contribution in [2.45, 2.75) is 6.18 Å². The summed E-state index contributed by atoms with van der Waals surface area (Å²) in [4.78, 5) is 11.0. The molecular formula is C15H10ClF3N4O. The predicted octanol–water partition coefficient (Wildman–Crippen LogP) is 4.39. The Morgan fingerprint density at radius 2 is 1.92 bits per heavy atom. The minimum atomic E-state index is -4.71. The highest BCUT2D eigenvalue weighted by Gasteiger charge is 2.38. The van der Waals surface area contributed by atoms with Crippen LogP contribution in [0.1, 0.15) is 5.56 Å². The number of halogens is 4. The number of carbonyl (C=O) groups excluding carboxylic acids is 1. The lowest BCUT2D eigenvalue weighted by Gasteiger charge is -2.14. The monoisotopic (exact) mass is 354 g/mol. The van der Waals surface area contributed by atoms with Gasteiger partial charge < -0.3 is 5.73 Å². The Labute approximate surface area is 138 Å². The molecule has 0 aliphatic rings. The van der Waals surface area contributed by atoms with Crippen LogP contribution in [0.4, 0.5) is 23.8 Å². The lowest BCUT2D eigenvalue weighted by molar-refractivity contribution is -0.136. The molecule has 1 heterocycles. The zero-order chi connectivity index (χ0) is 17.5. The standard InChI is InChI=1S/C15H10ClF3N4O/c16-11-8(7-4-2-1-3-5-7)6-9-12(10(11)15(17,18)19)22-23-13(9)21-14(20)24/h1-6H,(H4,20,21,22,23,24). The van der Waals surface area contributed by atoms with Crippen molar-refractivity contribution in [1.82, 2.24) is 10.2 Å². The molecule has 4 N–H and O–H groups in total. The third-order valence-electron chi connectivity index (χ3n) is 3.41. The number of nitrogens with two attached hydrogens (primary N) is 1. The van der Waals surface area contributed by atoms with Crippen molar-refractivity contribution in [2.24, 2.45) is 5.73 Å². The number of rotatable bonds is 2. The van der Waals surface area contributed by atoms with Crippen molar-refractivity contribution in [3.8, 4) is 11.1 Å². The molecule has 3 aromatic rings. The molecule has 0 aliphatic carbocycles. The van der Waals surface area contributed by atoms with Gasteiger partial charge in [-0.1, -0.05) is 41.9 Å². The van der Waals surface area contributed by atoms with Crippen LogP contribution in [0.2, 0.25) is 5.02 Å². The fraction of sp³-hybridized carbons (Fsp3) is 0.0667. The minimum absolute atomic E-state index is 0.0596. The fourth-order valence-electron chi connectivity index (χ4n) is 2.44.